The van der Waals surface area contributed by atoms with Crippen LogP contribution in [0.4, 0.5) is 0 Å². The number of hydrogen-bond acceptors (Lipinski definition) is 2. The molecule has 1 heterocycles. The van der Waals surface area contributed by atoms with Crippen molar-refractivity contribution in [3.05, 3.63) is 35.9 Å². The maximum atomic E-state index is 12.9. The van der Waals surface area contributed by atoms with Gasteiger partial charge in [-0.05, 0) is 32.3 Å². The van der Waals surface area contributed by atoms with E-state index >= 15 is 0 Å². The number of hydrogen-bond donors (Lipinski definition) is 0. The molecule has 1 atom stereocenters. The van der Waals surface area contributed by atoms with Crippen molar-refractivity contribution in [3.63, 3.8) is 0 Å². The largest absolute Gasteiger partial charge is 0.374 e. The van der Waals surface area contributed by atoms with Crippen LogP contribution in [0.5, 0.6) is 0 Å². The van der Waals surface area contributed by atoms with E-state index in [2.05, 4.69) is 43.0 Å². The molecule has 1 aliphatic heterocycles. The summed E-state index contributed by atoms with van der Waals surface area (Å²) in [6.07, 6.45) is 5.53. The second-order valence-electron chi connectivity index (χ2n) is 7.37. The lowest BCUT2D eigenvalue weighted by Crippen LogP contribution is -2.59. The SMILES string of the molecule is CC1(C)COC(Cc2ccccc2)CN1C(=O)C1CCCC1. The van der Waals surface area contributed by atoms with Crippen LogP contribution in [0.1, 0.15) is 45.1 Å². The predicted molar refractivity (Wildman–Crippen MR) is 87.6 cm³/mol. The van der Waals surface area contributed by atoms with Crippen LogP contribution in [0.15, 0.2) is 30.3 Å². The van der Waals surface area contributed by atoms with Crippen molar-refractivity contribution in [2.45, 2.75) is 57.6 Å². The van der Waals surface area contributed by atoms with Crippen molar-refractivity contribution in [2.75, 3.05) is 13.2 Å². The summed E-state index contributed by atoms with van der Waals surface area (Å²) in [5, 5.41) is 0. The highest BCUT2D eigenvalue weighted by Gasteiger charge is 2.40. The maximum Gasteiger partial charge on any atom is 0.226 e. The third-order valence-electron chi connectivity index (χ3n) is 5.07. The summed E-state index contributed by atoms with van der Waals surface area (Å²) in [5.41, 5.74) is 1.09. The topological polar surface area (TPSA) is 29.5 Å². The Morgan fingerprint density at radius 3 is 2.59 bits per heavy atom. The smallest absolute Gasteiger partial charge is 0.226 e. The standard InChI is InChI=1S/C19H27NO2/c1-19(2)14-22-17(12-15-8-4-3-5-9-15)13-20(19)18(21)16-10-6-7-11-16/h3-5,8-9,16-17H,6-7,10-14H2,1-2H3. The van der Waals surface area contributed by atoms with Crippen molar-refractivity contribution >= 4 is 5.91 Å². The number of benzene rings is 1. The van der Waals surface area contributed by atoms with E-state index in [0.29, 0.717) is 12.5 Å². The number of ether oxygens (including phenoxy) is 1. The van der Waals surface area contributed by atoms with Crippen molar-refractivity contribution in [2.24, 2.45) is 5.92 Å². The Balaban J connectivity index is 1.68. The highest BCUT2D eigenvalue weighted by Crippen LogP contribution is 2.31. The highest BCUT2D eigenvalue weighted by molar-refractivity contribution is 5.80. The summed E-state index contributed by atoms with van der Waals surface area (Å²) < 4.78 is 6.05. The number of nitrogens with zero attached hydrogens (tertiary/aromatic N) is 1. The molecule has 0 radical (unpaired) electrons. The maximum absolute atomic E-state index is 12.9. The van der Waals surface area contributed by atoms with E-state index in [1.807, 2.05) is 6.07 Å². The summed E-state index contributed by atoms with van der Waals surface area (Å²) in [5.74, 6) is 0.596. The van der Waals surface area contributed by atoms with Gasteiger partial charge in [0.2, 0.25) is 5.91 Å². The molecule has 1 aromatic carbocycles. The second-order valence-corrected chi connectivity index (χ2v) is 7.37. The fraction of sp³-hybridized carbons (Fsp3) is 0.632. The minimum absolute atomic E-state index is 0.112. The third kappa shape index (κ3) is 3.35. The first-order chi connectivity index (χ1) is 10.6. The van der Waals surface area contributed by atoms with Crippen LogP contribution in [0.25, 0.3) is 0 Å². The van der Waals surface area contributed by atoms with Gasteiger partial charge in [0.05, 0.1) is 18.2 Å². The lowest BCUT2D eigenvalue weighted by molar-refractivity contribution is -0.158. The van der Waals surface area contributed by atoms with Crippen molar-refractivity contribution in [3.8, 4) is 0 Å². The Morgan fingerprint density at radius 1 is 1.23 bits per heavy atom. The van der Waals surface area contributed by atoms with Crippen molar-refractivity contribution in [1.82, 2.24) is 4.90 Å². The molecule has 1 aromatic rings. The molecule has 3 nitrogen and oxygen atoms in total. The van der Waals surface area contributed by atoms with Crippen LogP contribution in [-0.4, -0.2) is 35.6 Å². The minimum Gasteiger partial charge on any atom is -0.374 e. The average molecular weight is 301 g/mol. The van der Waals surface area contributed by atoms with E-state index in [1.54, 1.807) is 0 Å². The first kappa shape index (κ1) is 15.5. The quantitative estimate of drug-likeness (QED) is 0.856. The van der Waals surface area contributed by atoms with E-state index in [-0.39, 0.29) is 17.6 Å². The zero-order valence-electron chi connectivity index (χ0n) is 13.8. The zero-order valence-corrected chi connectivity index (χ0v) is 13.8. The molecule has 0 N–H and O–H groups in total. The van der Waals surface area contributed by atoms with Gasteiger partial charge >= 0.3 is 0 Å². The molecule has 120 valence electrons. The molecule has 0 spiro atoms. The number of carbonyl (C=O) groups is 1. The van der Waals surface area contributed by atoms with Crippen LogP contribution in [0.3, 0.4) is 0 Å². The molecule has 1 amide bonds. The van der Waals surface area contributed by atoms with E-state index in [9.17, 15) is 4.79 Å². The predicted octanol–water partition coefficient (Wildman–Crippen LogP) is 3.43. The van der Waals surface area contributed by atoms with E-state index in [4.69, 9.17) is 4.74 Å². The molecule has 2 fully saturated rings. The number of carbonyl (C=O) groups excluding carboxylic acids is 1. The Kier molecular flexibility index (Phi) is 4.53. The lowest BCUT2D eigenvalue weighted by Gasteiger charge is -2.46. The third-order valence-corrected chi connectivity index (χ3v) is 5.07. The Bertz CT molecular complexity index is 505. The zero-order chi connectivity index (χ0) is 15.6. The van der Waals surface area contributed by atoms with Gasteiger partial charge < -0.3 is 9.64 Å². The molecule has 0 aromatic heterocycles. The van der Waals surface area contributed by atoms with Gasteiger partial charge in [0.15, 0.2) is 0 Å². The van der Waals surface area contributed by atoms with Gasteiger partial charge in [0.1, 0.15) is 0 Å². The summed E-state index contributed by atoms with van der Waals surface area (Å²) in [6.45, 7) is 5.59. The summed E-state index contributed by atoms with van der Waals surface area (Å²) in [4.78, 5) is 15.0. The molecule has 3 rings (SSSR count). The van der Waals surface area contributed by atoms with Gasteiger partial charge in [-0.1, -0.05) is 43.2 Å². The van der Waals surface area contributed by atoms with Crippen LogP contribution < -0.4 is 0 Å². The van der Waals surface area contributed by atoms with E-state index in [0.717, 1.165) is 25.8 Å². The van der Waals surface area contributed by atoms with Gasteiger partial charge in [-0.25, -0.2) is 0 Å². The average Bonchev–Trinajstić information content (AvgIpc) is 3.04. The highest BCUT2D eigenvalue weighted by atomic mass is 16.5. The monoisotopic (exact) mass is 301 g/mol. The Morgan fingerprint density at radius 2 is 1.91 bits per heavy atom. The Labute approximate surface area is 133 Å². The molecule has 1 unspecified atom stereocenters. The van der Waals surface area contributed by atoms with Gasteiger partial charge in [0.25, 0.3) is 0 Å². The fourth-order valence-electron chi connectivity index (χ4n) is 3.69. The van der Waals surface area contributed by atoms with Crippen molar-refractivity contribution in [1.29, 1.82) is 0 Å². The fourth-order valence-corrected chi connectivity index (χ4v) is 3.69. The molecule has 22 heavy (non-hydrogen) atoms. The lowest BCUT2D eigenvalue weighted by atomic mass is 9.95. The van der Waals surface area contributed by atoms with Gasteiger partial charge in [-0.3, -0.25) is 4.79 Å². The summed E-state index contributed by atoms with van der Waals surface area (Å²) >= 11 is 0. The first-order valence-electron chi connectivity index (χ1n) is 8.53. The molecule has 1 saturated carbocycles. The van der Waals surface area contributed by atoms with Gasteiger partial charge in [-0.15, -0.1) is 0 Å². The first-order valence-corrected chi connectivity index (χ1v) is 8.53. The van der Waals surface area contributed by atoms with Gasteiger partial charge in [-0.2, -0.15) is 0 Å². The van der Waals surface area contributed by atoms with E-state index < -0.39 is 0 Å². The second kappa shape index (κ2) is 6.41. The van der Waals surface area contributed by atoms with Crippen LogP contribution in [-0.2, 0) is 16.0 Å². The number of rotatable bonds is 3. The number of morpholine rings is 1. The molecule has 1 saturated heterocycles. The number of amides is 1. The minimum atomic E-state index is -0.188. The molecule has 2 aliphatic rings. The molecular formula is C19H27NO2. The normalized spacial score (nSPS) is 25.4. The van der Waals surface area contributed by atoms with Gasteiger partial charge in [0, 0.05) is 18.9 Å². The Hall–Kier alpha value is -1.35. The van der Waals surface area contributed by atoms with Crippen LogP contribution in [0, 0.1) is 5.92 Å². The van der Waals surface area contributed by atoms with Crippen LogP contribution >= 0.6 is 0 Å². The summed E-state index contributed by atoms with van der Waals surface area (Å²) in [7, 11) is 0. The van der Waals surface area contributed by atoms with Crippen molar-refractivity contribution < 1.29 is 9.53 Å². The molecule has 0 bridgehead atoms. The molecule has 1 aliphatic carbocycles. The molecular weight excluding hydrogens is 274 g/mol. The summed E-state index contributed by atoms with van der Waals surface area (Å²) in [6, 6.07) is 10.4. The molecule has 3 heteroatoms. The van der Waals surface area contributed by atoms with Crippen LogP contribution in [0.2, 0.25) is 0 Å². The van der Waals surface area contributed by atoms with E-state index in [1.165, 1.54) is 18.4 Å².